The number of hydrogen-bond acceptors (Lipinski definition) is 5. The molecule has 0 bridgehead atoms. The molecule has 0 radical (unpaired) electrons. The zero-order valence-corrected chi connectivity index (χ0v) is 9.86. The summed E-state index contributed by atoms with van der Waals surface area (Å²) in [6, 6.07) is 5.88. The number of ether oxygens (including phenoxy) is 1. The minimum atomic E-state index is -3.60. The van der Waals surface area contributed by atoms with E-state index in [1.165, 1.54) is 12.1 Å². The minimum Gasteiger partial charge on any atom is -0.468 e. The van der Waals surface area contributed by atoms with Crippen LogP contribution in [0.2, 0.25) is 0 Å². The van der Waals surface area contributed by atoms with Gasteiger partial charge in [-0.2, -0.15) is 0 Å². The summed E-state index contributed by atoms with van der Waals surface area (Å²) in [4.78, 5) is 23.3. The molecule has 1 aliphatic heterocycles. The fraction of sp³-hybridized carbons (Fsp3) is 0.273. The topological polar surface area (TPSA) is 77.5 Å². The largest absolute Gasteiger partial charge is 0.468 e. The number of ketones is 1. The second-order valence-corrected chi connectivity index (χ2v) is 5.72. The van der Waals surface area contributed by atoms with Crippen molar-refractivity contribution in [2.24, 2.45) is 5.92 Å². The summed E-state index contributed by atoms with van der Waals surface area (Å²) in [5.41, 5.74) is 0.0640. The molecule has 1 atom stereocenters. The Morgan fingerprint density at radius 3 is 2.65 bits per heavy atom. The predicted octanol–water partition coefficient (Wildman–Crippen LogP) is 0.446. The van der Waals surface area contributed by atoms with Crippen molar-refractivity contribution in [2.45, 2.75) is 4.90 Å². The summed E-state index contributed by atoms with van der Waals surface area (Å²) in [5.74, 6) is -3.08. The van der Waals surface area contributed by atoms with Crippen molar-refractivity contribution in [2.75, 3.05) is 12.9 Å². The van der Waals surface area contributed by atoms with Crippen molar-refractivity contribution in [1.82, 2.24) is 0 Å². The normalized spacial score (nSPS) is 21.7. The minimum absolute atomic E-state index is 0.00912. The summed E-state index contributed by atoms with van der Waals surface area (Å²) < 4.78 is 28.2. The van der Waals surface area contributed by atoms with Crippen LogP contribution >= 0.6 is 0 Å². The van der Waals surface area contributed by atoms with E-state index in [1.807, 2.05) is 0 Å². The summed E-state index contributed by atoms with van der Waals surface area (Å²) in [5, 5.41) is 0. The molecule has 0 fully saturated rings. The lowest BCUT2D eigenvalue weighted by Gasteiger charge is -2.21. The first-order valence-corrected chi connectivity index (χ1v) is 6.56. The van der Waals surface area contributed by atoms with Gasteiger partial charge in [0.05, 0.1) is 17.8 Å². The molecule has 0 saturated carbocycles. The molecule has 1 unspecified atom stereocenters. The molecule has 17 heavy (non-hydrogen) atoms. The van der Waals surface area contributed by atoms with Gasteiger partial charge in [-0.3, -0.25) is 9.59 Å². The number of hydrogen-bond donors (Lipinski definition) is 0. The fourth-order valence-corrected chi connectivity index (χ4v) is 3.53. The zero-order chi connectivity index (χ0) is 12.6. The Balaban J connectivity index is 2.60. The molecular weight excluding hydrogens is 244 g/mol. The third-order valence-corrected chi connectivity index (χ3v) is 4.47. The van der Waals surface area contributed by atoms with Gasteiger partial charge >= 0.3 is 5.97 Å². The standard InChI is InChI=1S/C11H10O5S/c1-16-11(13)8-6-17(14,15)9-5-3-2-4-7(9)10(8)12/h2-5,8H,6H2,1H3. The number of methoxy groups -OCH3 is 1. The molecule has 1 aromatic carbocycles. The number of rotatable bonds is 1. The molecule has 1 aromatic rings. The van der Waals surface area contributed by atoms with E-state index in [1.54, 1.807) is 12.1 Å². The number of sulfone groups is 1. The van der Waals surface area contributed by atoms with E-state index in [0.29, 0.717) is 0 Å². The first-order chi connectivity index (χ1) is 7.97. The van der Waals surface area contributed by atoms with Crippen LogP contribution in [0.4, 0.5) is 0 Å². The summed E-state index contributed by atoms with van der Waals surface area (Å²) in [6.45, 7) is 0. The number of fused-ring (bicyclic) bond motifs is 1. The van der Waals surface area contributed by atoms with Crippen LogP contribution in [0.3, 0.4) is 0 Å². The van der Waals surface area contributed by atoms with Gasteiger partial charge in [-0.05, 0) is 6.07 Å². The van der Waals surface area contributed by atoms with Crippen molar-refractivity contribution < 1.29 is 22.7 Å². The molecule has 0 spiro atoms. The van der Waals surface area contributed by atoms with Gasteiger partial charge in [0.25, 0.3) is 0 Å². The summed E-state index contributed by atoms with van der Waals surface area (Å²) in [6.07, 6.45) is 0. The van der Waals surface area contributed by atoms with Gasteiger partial charge in [0, 0.05) is 5.56 Å². The predicted molar refractivity (Wildman–Crippen MR) is 58.3 cm³/mol. The van der Waals surface area contributed by atoms with Gasteiger partial charge in [0.1, 0.15) is 5.92 Å². The highest BCUT2D eigenvalue weighted by Gasteiger charge is 2.41. The van der Waals surface area contributed by atoms with E-state index >= 15 is 0 Å². The number of carbonyl (C=O) groups excluding carboxylic acids is 2. The molecule has 0 aliphatic carbocycles. The highest BCUT2D eigenvalue weighted by atomic mass is 32.2. The summed E-state index contributed by atoms with van der Waals surface area (Å²) in [7, 11) is -2.47. The van der Waals surface area contributed by atoms with Crippen LogP contribution in [0.1, 0.15) is 10.4 Å². The van der Waals surface area contributed by atoms with E-state index in [4.69, 9.17) is 0 Å². The second kappa shape index (κ2) is 3.96. The van der Waals surface area contributed by atoms with Crippen LogP contribution in [-0.4, -0.2) is 33.0 Å². The number of carbonyl (C=O) groups is 2. The van der Waals surface area contributed by atoms with E-state index in [9.17, 15) is 18.0 Å². The van der Waals surface area contributed by atoms with Crippen LogP contribution in [0.5, 0.6) is 0 Å². The molecule has 6 heteroatoms. The summed E-state index contributed by atoms with van der Waals surface area (Å²) >= 11 is 0. The Morgan fingerprint density at radius 1 is 1.35 bits per heavy atom. The van der Waals surface area contributed by atoms with Crippen LogP contribution in [-0.2, 0) is 19.4 Å². The molecule has 0 saturated heterocycles. The van der Waals surface area contributed by atoms with Gasteiger partial charge in [-0.25, -0.2) is 8.42 Å². The highest BCUT2D eigenvalue weighted by Crippen LogP contribution is 2.28. The van der Waals surface area contributed by atoms with Crippen molar-refractivity contribution >= 4 is 21.6 Å². The Labute approximate surface area is 98.3 Å². The molecular formula is C11H10O5S. The maximum Gasteiger partial charge on any atom is 0.317 e. The quantitative estimate of drug-likeness (QED) is 0.537. The Morgan fingerprint density at radius 2 is 2.00 bits per heavy atom. The average molecular weight is 254 g/mol. The first kappa shape index (κ1) is 11.8. The molecule has 2 rings (SSSR count). The van der Waals surface area contributed by atoms with E-state index < -0.39 is 33.3 Å². The van der Waals surface area contributed by atoms with Gasteiger partial charge in [-0.1, -0.05) is 18.2 Å². The lowest BCUT2D eigenvalue weighted by Crippen LogP contribution is -2.37. The maximum absolute atomic E-state index is 11.9. The van der Waals surface area contributed by atoms with Crippen LogP contribution in [0, 0.1) is 5.92 Å². The smallest absolute Gasteiger partial charge is 0.317 e. The number of Topliss-reactive ketones (excluding diaryl/α,β-unsaturated/α-hetero) is 1. The molecule has 0 N–H and O–H groups in total. The molecule has 90 valence electrons. The number of benzene rings is 1. The number of esters is 1. The van der Waals surface area contributed by atoms with E-state index in [-0.39, 0.29) is 10.5 Å². The Hall–Kier alpha value is -1.69. The molecule has 1 aliphatic rings. The van der Waals surface area contributed by atoms with Crippen LogP contribution in [0.15, 0.2) is 29.2 Å². The van der Waals surface area contributed by atoms with Crippen molar-refractivity contribution in [3.8, 4) is 0 Å². The zero-order valence-electron chi connectivity index (χ0n) is 9.04. The molecule has 1 heterocycles. The SMILES string of the molecule is COC(=O)C1CS(=O)(=O)c2ccccc2C1=O. The highest BCUT2D eigenvalue weighted by molar-refractivity contribution is 7.91. The van der Waals surface area contributed by atoms with Gasteiger partial charge in [-0.15, -0.1) is 0 Å². The third-order valence-electron chi connectivity index (χ3n) is 2.68. The fourth-order valence-electron chi connectivity index (χ4n) is 1.83. The first-order valence-electron chi connectivity index (χ1n) is 4.91. The second-order valence-electron chi connectivity index (χ2n) is 3.72. The van der Waals surface area contributed by atoms with Crippen molar-refractivity contribution in [3.63, 3.8) is 0 Å². The maximum atomic E-state index is 11.9. The van der Waals surface area contributed by atoms with Crippen LogP contribution in [0.25, 0.3) is 0 Å². The van der Waals surface area contributed by atoms with E-state index in [2.05, 4.69) is 4.74 Å². The lowest BCUT2D eigenvalue weighted by molar-refractivity contribution is -0.143. The molecule has 0 amide bonds. The average Bonchev–Trinajstić information content (AvgIpc) is 2.33. The van der Waals surface area contributed by atoms with Crippen molar-refractivity contribution in [3.05, 3.63) is 29.8 Å². The van der Waals surface area contributed by atoms with Gasteiger partial charge in [0.2, 0.25) is 0 Å². The lowest BCUT2D eigenvalue weighted by atomic mass is 9.99. The van der Waals surface area contributed by atoms with Crippen molar-refractivity contribution in [1.29, 1.82) is 0 Å². The van der Waals surface area contributed by atoms with Crippen LogP contribution < -0.4 is 0 Å². The monoisotopic (exact) mass is 254 g/mol. The van der Waals surface area contributed by atoms with Gasteiger partial charge < -0.3 is 4.74 Å². The Kier molecular flexibility index (Phi) is 2.74. The van der Waals surface area contributed by atoms with E-state index in [0.717, 1.165) is 7.11 Å². The molecule has 0 aromatic heterocycles. The Bertz CT molecular complexity index is 588. The van der Waals surface area contributed by atoms with Gasteiger partial charge in [0.15, 0.2) is 15.6 Å². The molecule has 5 nitrogen and oxygen atoms in total. The third kappa shape index (κ3) is 1.84.